The lowest BCUT2D eigenvalue weighted by Crippen LogP contribution is -2.35. The van der Waals surface area contributed by atoms with Crippen molar-refractivity contribution in [2.24, 2.45) is 0 Å². The molecular formula is C16H29N3O3. The fourth-order valence-corrected chi connectivity index (χ4v) is 1.86. The highest BCUT2D eigenvalue weighted by Crippen LogP contribution is 2.24. The molecule has 1 fully saturated rings. The van der Waals surface area contributed by atoms with E-state index in [1.807, 2.05) is 0 Å². The summed E-state index contributed by atoms with van der Waals surface area (Å²) in [6.45, 7) is 7.28. The molecule has 0 saturated heterocycles. The predicted octanol–water partition coefficient (Wildman–Crippen LogP) is 1.62. The minimum atomic E-state index is -0.516. The van der Waals surface area contributed by atoms with Crippen LogP contribution in [-0.2, 0) is 9.53 Å². The van der Waals surface area contributed by atoms with E-state index in [-0.39, 0.29) is 12.5 Å². The number of rotatable bonds is 7. The van der Waals surface area contributed by atoms with Crippen LogP contribution in [0.3, 0.4) is 0 Å². The molecule has 0 heterocycles. The van der Waals surface area contributed by atoms with Crippen molar-refractivity contribution < 1.29 is 14.3 Å². The molecule has 1 aliphatic carbocycles. The van der Waals surface area contributed by atoms with Gasteiger partial charge in [-0.15, -0.1) is 0 Å². The highest BCUT2D eigenvalue weighted by atomic mass is 16.6. The van der Waals surface area contributed by atoms with E-state index in [4.69, 9.17) is 4.74 Å². The van der Waals surface area contributed by atoms with Gasteiger partial charge >= 0.3 is 6.09 Å². The number of alkyl carbamates (subject to hydrolysis) is 1. The molecule has 1 N–H and O–H groups in total. The van der Waals surface area contributed by atoms with Crippen LogP contribution in [-0.4, -0.2) is 67.2 Å². The Balaban J connectivity index is 2.18. The van der Waals surface area contributed by atoms with Crippen LogP contribution < -0.4 is 5.32 Å². The zero-order valence-electron chi connectivity index (χ0n) is 14.4. The molecular weight excluding hydrogens is 282 g/mol. The van der Waals surface area contributed by atoms with E-state index in [0.717, 1.165) is 6.54 Å². The molecule has 0 bridgehead atoms. The molecule has 1 rings (SSSR count). The summed E-state index contributed by atoms with van der Waals surface area (Å²) < 4.78 is 5.10. The maximum atomic E-state index is 11.9. The van der Waals surface area contributed by atoms with E-state index < -0.39 is 11.7 Å². The fraction of sp³-hybridized carbons (Fsp3) is 0.750. The summed E-state index contributed by atoms with van der Waals surface area (Å²) in [5.41, 5.74) is -0.516. The van der Waals surface area contributed by atoms with Gasteiger partial charge in [-0.3, -0.25) is 4.79 Å². The van der Waals surface area contributed by atoms with Gasteiger partial charge in [0.05, 0.1) is 0 Å². The van der Waals surface area contributed by atoms with Gasteiger partial charge in [-0.25, -0.2) is 4.79 Å². The van der Waals surface area contributed by atoms with E-state index in [2.05, 4.69) is 17.3 Å². The second-order valence-electron chi connectivity index (χ2n) is 6.76. The molecule has 126 valence electrons. The van der Waals surface area contributed by atoms with Crippen molar-refractivity contribution in [2.75, 3.05) is 33.7 Å². The van der Waals surface area contributed by atoms with Crippen LogP contribution >= 0.6 is 0 Å². The van der Waals surface area contributed by atoms with Crippen LogP contribution in [0.5, 0.6) is 0 Å². The van der Waals surface area contributed by atoms with Crippen molar-refractivity contribution in [1.29, 1.82) is 0 Å². The standard InChI is InChI=1S/C16H29N3O3/c1-16(2,3)22-15(21)17-10-6-7-14(20)19(5)12-11-18(4)13-8-9-13/h6-7,13H,8-12H2,1-5H3,(H,17,21)/b7-6+. The molecule has 6 heteroatoms. The highest BCUT2D eigenvalue weighted by molar-refractivity contribution is 5.87. The van der Waals surface area contributed by atoms with E-state index in [9.17, 15) is 9.59 Å². The Morgan fingerprint density at radius 1 is 1.23 bits per heavy atom. The smallest absolute Gasteiger partial charge is 0.407 e. The molecule has 6 nitrogen and oxygen atoms in total. The number of amides is 2. The maximum Gasteiger partial charge on any atom is 0.407 e. The molecule has 1 aliphatic rings. The average Bonchev–Trinajstić information content (AvgIpc) is 3.22. The summed E-state index contributed by atoms with van der Waals surface area (Å²) in [6, 6.07) is 0.706. The molecule has 0 aliphatic heterocycles. The first kappa shape index (κ1) is 18.5. The van der Waals surface area contributed by atoms with Gasteiger partial charge in [0, 0.05) is 38.8 Å². The second-order valence-corrected chi connectivity index (χ2v) is 6.76. The lowest BCUT2D eigenvalue weighted by Gasteiger charge is -2.21. The molecule has 1 saturated carbocycles. The normalized spacial score (nSPS) is 15.2. The molecule has 22 heavy (non-hydrogen) atoms. The monoisotopic (exact) mass is 311 g/mol. The minimum absolute atomic E-state index is 0.0600. The Bertz CT molecular complexity index is 411. The van der Waals surface area contributed by atoms with Crippen molar-refractivity contribution >= 4 is 12.0 Å². The summed E-state index contributed by atoms with van der Waals surface area (Å²) in [4.78, 5) is 27.3. The van der Waals surface area contributed by atoms with Gasteiger partial charge in [-0.1, -0.05) is 6.08 Å². The third-order valence-corrected chi connectivity index (χ3v) is 3.36. The first-order chi connectivity index (χ1) is 10.2. The van der Waals surface area contributed by atoms with Crippen LogP contribution in [0.2, 0.25) is 0 Å². The number of hydrogen-bond acceptors (Lipinski definition) is 4. The van der Waals surface area contributed by atoms with Crippen molar-refractivity contribution in [3.63, 3.8) is 0 Å². The predicted molar refractivity (Wildman–Crippen MR) is 86.7 cm³/mol. The number of hydrogen-bond donors (Lipinski definition) is 1. The topological polar surface area (TPSA) is 61.9 Å². The number of carbonyl (C=O) groups is 2. The number of likely N-dealkylation sites (N-methyl/N-ethyl adjacent to an activating group) is 2. The van der Waals surface area contributed by atoms with Gasteiger partial charge in [0.1, 0.15) is 5.60 Å². The van der Waals surface area contributed by atoms with E-state index >= 15 is 0 Å². The Morgan fingerprint density at radius 3 is 2.41 bits per heavy atom. The Morgan fingerprint density at radius 2 is 1.86 bits per heavy atom. The lowest BCUT2D eigenvalue weighted by molar-refractivity contribution is -0.124. The Labute approximate surface area is 133 Å². The second kappa shape index (κ2) is 8.17. The number of nitrogens with one attached hydrogen (secondary N) is 1. The lowest BCUT2D eigenvalue weighted by atomic mass is 10.2. The van der Waals surface area contributed by atoms with E-state index in [1.54, 1.807) is 38.8 Å². The van der Waals surface area contributed by atoms with Gasteiger partial charge in [0.2, 0.25) is 5.91 Å². The zero-order chi connectivity index (χ0) is 16.8. The van der Waals surface area contributed by atoms with Crippen LogP contribution in [0, 0.1) is 0 Å². The van der Waals surface area contributed by atoms with Gasteiger partial charge in [-0.2, -0.15) is 0 Å². The molecule has 0 aromatic rings. The van der Waals surface area contributed by atoms with Gasteiger partial charge in [0.15, 0.2) is 0 Å². The van der Waals surface area contributed by atoms with Gasteiger partial charge in [0.25, 0.3) is 0 Å². The number of carbonyl (C=O) groups excluding carboxylic acids is 2. The van der Waals surface area contributed by atoms with Crippen molar-refractivity contribution in [3.05, 3.63) is 12.2 Å². The van der Waals surface area contributed by atoms with Crippen LogP contribution in [0.15, 0.2) is 12.2 Å². The quantitative estimate of drug-likeness (QED) is 0.726. The van der Waals surface area contributed by atoms with Gasteiger partial charge < -0.3 is 19.9 Å². The van der Waals surface area contributed by atoms with E-state index in [1.165, 1.54) is 18.9 Å². The first-order valence-corrected chi connectivity index (χ1v) is 7.78. The van der Waals surface area contributed by atoms with Crippen LogP contribution in [0.1, 0.15) is 33.6 Å². The molecule has 0 unspecified atom stereocenters. The molecule has 0 aromatic carbocycles. The van der Waals surface area contributed by atoms with Crippen LogP contribution in [0.4, 0.5) is 4.79 Å². The van der Waals surface area contributed by atoms with Crippen molar-refractivity contribution in [2.45, 2.75) is 45.3 Å². The third-order valence-electron chi connectivity index (χ3n) is 3.36. The average molecular weight is 311 g/mol. The zero-order valence-corrected chi connectivity index (χ0v) is 14.4. The first-order valence-electron chi connectivity index (χ1n) is 7.78. The summed E-state index contributed by atoms with van der Waals surface area (Å²) in [5.74, 6) is -0.0600. The van der Waals surface area contributed by atoms with Crippen LogP contribution in [0.25, 0.3) is 0 Å². The minimum Gasteiger partial charge on any atom is -0.444 e. The number of nitrogens with zero attached hydrogens (tertiary/aromatic N) is 2. The van der Waals surface area contributed by atoms with Crippen molar-refractivity contribution in [1.82, 2.24) is 15.1 Å². The summed E-state index contributed by atoms with van der Waals surface area (Å²) in [7, 11) is 3.88. The van der Waals surface area contributed by atoms with Crippen molar-refractivity contribution in [3.8, 4) is 0 Å². The third kappa shape index (κ3) is 8.02. The fourth-order valence-electron chi connectivity index (χ4n) is 1.86. The largest absolute Gasteiger partial charge is 0.444 e. The molecule has 0 aromatic heterocycles. The molecule has 0 atom stereocenters. The number of ether oxygens (including phenoxy) is 1. The summed E-state index contributed by atoms with van der Waals surface area (Å²) in [6.07, 6.45) is 5.17. The SMILES string of the molecule is CN(CCN(C)C1CC1)C(=O)/C=C/CNC(=O)OC(C)(C)C. The van der Waals surface area contributed by atoms with E-state index in [0.29, 0.717) is 12.6 Å². The maximum absolute atomic E-state index is 11.9. The highest BCUT2D eigenvalue weighted by Gasteiger charge is 2.25. The Hall–Kier alpha value is -1.56. The summed E-state index contributed by atoms with van der Waals surface area (Å²) >= 11 is 0. The van der Waals surface area contributed by atoms with Gasteiger partial charge in [-0.05, 0) is 40.7 Å². The molecule has 2 amide bonds. The Kier molecular flexibility index (Phi) is 6.87. The molecule has 0 spiro atoms. The molecule has 0 radical (unpaired) electrons. The summed E-state index contributed by atoms with van der Waals surface area (Å²) in [5, 5.41) is 2.58.